The lowest BCUT2D eigenvalue weighted by Gasteiger charge is -2.25. The summed E-state index contributed by atoms with van der Waals surface area (Å²) in [5.41, 5.74) is 5.26. The van der Waals surface area contributed by atoms with Crippen LogP contribution in [0.15, 0.2) is 79.1 Å². The van der Waals surface area contributed by atoms with Gasteiger partial charge in [0, 0.05) is 17.6 Å². The zero-order valence-electron chi connectivity index (χ0n) is 22.0. The van der Waals surface area contributed by atoms with Crippen molar-refractivity contribution in [3.63, 3.8) is 0 Å². The number of rotatable bonds is 11. The number of anilines is 2. The third kappa shape index (κ3) is 5.20. The van der Waals surface area contributed by atoms with Crippen molar-refractivity contribution in [2.75, 3.05) is 11.5 Å². The first-order valence-corrected chi connectivity index (χ1v) is 13.4. The molecule has 2 saturated carbocycles. The standard InChI is InChI=1S/C31H30N4O5/c32-28(36)31(15-16-31)29(37)35(21-5-2-1-3-6-21)27-10-8-23(20-34-27)40-26-11-17-33-25-19-22(7-9-24(25)26)39-18-4-12-30(38)13-14-30/h1-3,5-11,17,19-20,38H,4,12-16,18H2,(H2,32,36). The minimum absolute atomic E-state index is 0.367. The second-order valence-corrected chi connectivity index (χ2v) is 10.5. The summed E-state index contributed by atoms with van der Waals surface area (Å²) in [5, 5.41) is 10.8. The molecular formula is C31H30N4O5. The monoisotopic (exact) mass is 538 g/mol. The Balaban J connectivity index is 1.19. The average Bonchev–Trinajstić information content (AvgIpc) is 3.90. The fourth-order valence-electron chi connectivity index (χ4n) is 4.79. The number of hydrogen-bond donors (Lipinski definition) is 2. The molecule has 204 valence electrons. The molecule has 0 saturated heterocycles. The minimum atomic E-state index is -1.19. The Kier molecular flexibility index (Phi) is 6.59. The number of ether oxygens (including phenoxy) is 2. The van der Waals surface area contributed by atoms with Crippen molar-refractivity contribution >= 4 is 34.2 Å². The van der Waals surface area contributed by atoms with Gasteiger partial charge in [0.25, 0.3) is 0 Å². The van der Waals surface area contributed by atoms with E-state index in [9.17, 15) is 14.7 Å². The number of primary amides is 1. The van der Waals surface area contributed by atoms with Crippen molar-refractivity contribution in [3.05, 3.63) is 79.1 Å². The van der Waals surface area contributed by atoms with Crippen LogP contribution >= 0.6 is 0 Å². The largest absolute Gasteiger partial charge is 0.494 e. The summed E-state index contributed by atoms with van der Waals surface area (Å²) in [7, 11) is 0. The van der Waals surface area contributed by atoms with Crippen molar-refractivity contribution in [1.29, 1.82) is 0 Å². The van der Waals surface area contributed by atoms with E-state index in [0.717, 1.165) is 36.6 Å². The molecule has 0 aliphatic heterocycles. The Bertz CT molecular complexity index is 1550. The normalized spacial score (nSPS) is 16.2. The minimum Gasteiger partial charge on any atom is -0.494 e. The van der Waals surface area contributed by atoms with Crippen LogP contribution in [0.3, 0.4) is 0 Å². The van der Waals surface area contributed by atoms with Crippen LogP contribution in [-0.2, 0) is 9.59 Å². The number of pyridine rings is 2. The molecule has 2 aromatic heterocycles. The number of nitrogens with zero attached hydrogens (tertiary/aromatic N) is 3. The zero-order chi connectivity index (χ0) is 27.7. The number of aromatic nitrogens is 2. The summed E-state index contributed by atoms with van der Waals surface area (Å²) in [6, 6.07) is 19.9. The second-order valence-electron chi connectivity index (χ2n) is 10.5. The van der Waals surface area contributed by atoms with Gasteiger partial charge in [-0.3, -0.25) is 19.5 Å². The predicted molar refractivity (Wildman–Crippen MR) is 149 cm³/mol. The first-order valence-electron chi connectivity index (χ1n) is 13.4. The Morgan fingerprint density at radius 2 is 1.73 bits per heavy atom. The lowest BCUT2D eigenvalue weighted by molar-refractivity contribution is -0.133. The van der Waals surface area contributed by atoms with Crippen molar-refractivity contribution < 1.29 is 24.2 Å². The zero-order valence-corrected chi connectivity index (χ0v) is 22.0. The molecule has 0 radical (unpaired) electrons. The summed E-state index contributed by atoms with van der Waals surface area (Å²) in [5.74, 6) is 1.16. The molecule has 9 nitrogen and oxygen atoms in total. The fraction of sp³-hybridized carbons (Fsp3) is 0.290. The number of benzene rings is 2. The Morgan fingerprint density at radius 1 is 0.950 bits per heavy atom. The highest BCUT2D eigenvalue weighted by Gasteiger charge is 2.57. The van der Waals surface area contributed by atoms with E-state index in [1.54, 1.807) is 42.7 Å². The van der Waals surface area contributed by atoms with E-state index in [4.69, 9.17) is 15.2 Å². The van der Waals surface area contributed by atoms with Crippen LogP contribution in [0.4, 0.5) is 11.5 Å². The highest BCUT2D eigenvalue weighted by Crippen LogP contribution is 2.49. The number of aliphatic hydroxyl groups is 1. The van der Waals surface area contributed by atoms with Gasteiger partial charge in [0.2, 0.25) is 11.8 Å². The lowest BCUT2D eigenvalue weighted by atomic mass is 10.0. The van der Waals surface area contributed by atoms with E-state index in [0.29, 0.717) is 48.2 Å². The van der Waals surface area contributed by atoms with E-state index >= 15 is 0 Å². The summed E-state index contributed by atoms with van der Waals surface area (Å²) in [4.78, 5) is 36.0. The molecule has 2 aliphatic carbocycles. The summed E-state index contributed by atoms with van der Waals surface area (Å²) in [6.07, 6.45) is 7.38. The van der Waals surface area contributed by atoms with Gasteiger partial charge in [0.05, 0.1) is 29.6 Å². The molecular weight excluding hydrogens is 508 g/mol. The lowest BCUT2D eigenvalue weighted by Crippen LogP contribution is -2.41. The molecule has 6 rings (SSSR count). The topological polar surface area (TPSA) is 128 Å². The molecule has 0 bridgehead atoms. The van der Waals surface area contributed by atoms with E-state index in [1.165, 1.54) is 4.90 Å². The molecule has 0 atom stereocenters. The smallest absolute Gasteiger partial charge is 0.248 e. The van der Waals surface area contributed by atoms with Crippen molar-refractivity contribution in [2.24, 2.45) is 11.1 Å². The summed E-state index contributed by atoms with van der Waals surface area (Å²) >= 11 is 0. The molecule has 2 aliphatic rings. The first kappa shape index (κ1) is 25.8. The third-order valence-corrected chi connectivity index (χ3v) is 7.58. The van der Waals surface area contributed by atoms with Gasteiger partial charge in [-0.1, -0.05) is 18.2 Å². The molecule has 2 fully saturated rings. The third-order valence-electron chi connectivity index (χ3n) is 7.58. The number of fused-ring (bicyclic) bond motifs is 1. The van der Waals surface area contributed by atoms with Gasteiger partial charge in [-0.2, -0.15) is 0 Å². The number of para-hydroxylation sites is 1. The van der Waals surface area contributed by atoms with Crippen molar-refractivity contribution in [1.82, 2.24) is 9.97 Å². The van der Waals surface area contributed by atoms with Crippen LogP contribution in [0, 0.1) is 5.41 Å². The van der Waals surface area contributed by atoms with E-state index in [2.05, 4.69) is 9.97 Å². The highest BCUT2D eigenvalue weighted by molar-refractivity contribution is 6.16. The Labute approximate surface area is 231 Å². The average molecular weight is 539 g/mol. The number of carbonyl (C=O) groups excluding carboxylic acids is 2. The van der Waals surface area contributed by atoms with E-state index in [-0.39, 0.29) is 5.91 Å². The molecule has 2 aromatic carbocycles. The first-order chi connectivity index (χ1) is 19.4. The van der Waals surface area contributed by atoms with Gasteiger partial charge in [-0.25, -0.2) is 4.98 Å². The fourth-order valence-corrected chi connectivity index (χ4v) is 4.79. The van der Waals surface area contributed by atoms with E-state index < -0.39 is 16.9 Å². The number of carbonyl (C=O) groups is 2. The molecule has 2 amide bonds. The van der Waals surface area contributed by atoms with Gasteiger partial charge >= 0.3 is 0 Å². The maximum Gasteiger partial charge on any atom is 0.248 e. The SMILES string of the molecule is NC(=O)C1(C(=O)N(c2ccccc2)c2ccc(Oc3ccnc4cc(OCCCC5(O)CC5)ccc34)cn2)CC1. The Morgan fingerprint density at radius 3 is 2.40 bits per heavy atom. The highest BCUT2D eigenvalue weighted by atomic mass is 16.5. The van der Waals surface area contributed by atoms with E-state index in [1.807, 2.05) is 36.4 Å². The van der Waals surface area contributed by atoms with Crippen LogP contribution in [0.1, 0.15) is 38.5 Å². The van der Waals surface area contributed by atoms with Gasteiger partial charge < -0.3 is 20.3 Å². The number of amides is 2. The van der Waals surface area contributed by atoms with Crippen LogP contribution in [-0.4, -0.2) is 39.1 Å². The summed E-state index contributed by atoms with van der Waals surface area (Å²) < 4.78 is 12.0. The predicted octanol–water partition coefficient (Wildman–Crippen LogP) is 5.04. The van der Waals surface area contributed by atoms with Crippen LogP contribution in [0.2, 0.25) is 0 Å². The Hall–Kier alpha value is -4.50. The second kappa shape index (κ2) is 10.2. The molecule has 0 unspecified atom stereocenters. The van der Waals surface area contributed by atoms with Gasteiger partial charge in [0.1, 0.15) is 28.5 Å². The van der Waals surface area contributed by atoms with Crippen molar-refractivity contribution in [3.8, 4) is 17.2 Å². The number of hydrogen-bond acceptors (Lipinski definition) is 7. The molecule has 0 spiro atoms. The number of nitrogens with two attached hydrogens (primary N) is 1. The molecule has 2 heterocycles. The summed E-state index contributed by atoms with van der Waals surface area (Å²) in [6.45, 7) is 0.533. The van der Waals surface area contributed by atoms with Crippen LogP contribution in [0.25, 0.3) is 10.9 Å². The molecule has 40 heavy (non-hydrogen) atoms. The molecule has 9 heteroatoms. The van der Waals surface area contributed by atoms with Gasteiger partial charge in [-0.05, 0) is 81.0 Å². The maximum absolute atomic E-state index is 13.5. The van der Waals surface area contributed by atoms with Crippen LogP contribution < -0.4 is 20.1 Å². The van der Waals surface area contributed by atoms with Crippen LogP contribution in [0.5, 0.6) is 17.2 Å². The van der Waals surface area contributed by atoms with Gasteiger partial charge in [0.15, 0.2) is 0 Å². The van der Waals surface area contributed by atoms with Crippen molar-refractivity contribution in [2.45, 2.75) is 44.1 Å². The molecule has 3 N–H and O–H groups in total. The van der Waals surface area contributed by atoms with Gasteiger partial charge in [-0.15, -0.1) is 0 Å². The quantitative estimate of drug-likeness (QED) is 0.202. The molecule has 4 aromatic rings. The maximum atomic E-state index is 13.5.